The number of benzene rings is 1. The van der Waals surface area contributed by atoms with Crippen molar-refractivity contribution in [2.24, 2.45) is 5.41 Å². The minimum absolute atomic E-state index is 0.166. The molecule has 1 saturated carbocycles. The maximum atomic E-state index is 13.6. The first kappa shape index (κ1) is 17.7. The van der Waals surface area contributed by atoms with Crippen molar-refractivity contribution in [3.05, 3.63) is 30.1 Å². The molecule has 2 aliphatic rings. The topological polar surface area (TPSA) is 32.7 Å². The molecule has 1 heterocycles. The number of halogens is 1. The van der Waals surface area contributed by atoms with Crippen molar-refractivity contribution in [1.82, 2.24) is 4.90 Å². The third kappa shape index (κ3) is 4.28. The van der Waals surface area contributed by atoms with Crippen molar-refractivity contribution >= 4 is 0 Å². The molecule has 0 amide bonds. The number of para-hydroxylation sites is 1. The fourth-order valence-corrected chi connectivity index (χ4v) is 3.97. The van der Waals surface area contributed by atoms with Gasteiger partial charge >= 0.3 is 0 Å². The molecule has 3 nitrogen and oxygen atoms in total. The zero-order chi connectivity index (χ0) is 17.2. The highest BCUT2D eigenvalue weighted by Crippen LogP contribution is 2.38. The third-order valence-electron chi connectivity index (χ3n) is 5.89. The number of ether oxygens (including phenoxy) is 1. The van der Waals surface area contributed by atoms with Crippen LogP contribution in [0.5, 0.6) is 5.75 Å². The fourth-order valence-electron chi connectivity index (χ4n) is 3.97. The molecule has 1 aromatic rings. The lowest BCUT2D eigenvalue weighted by Crippen LogP contribution is -2.51. The van der Waals surface area contributed by atoms with Crippen LogP contribution < -0.4 is 4.74 Å². The predicted molar refractivity (Wildman–Crippen MR) is 93.7 cm³/mol. The van der Waals surface area contributed by atoms with E-state index in [0.717, 1.165) is 13.1 Å². The van der Waals surface area contributed by atoms with E-state index in [9.17, 15) is 9.50 Å². The lowest BCUT2D eigenvalue weighted by molar-refractivity contribution is -0.0646. The molecule has 4 heteroatoms. The van der Waals surface area contributed by atoms with Crippen LogP contribution in [0, 0.1) is 11.2 Å². The number of likely N-dealkylation sites (tertiary alicyclic amines) is 1. The quantitative estimate of drug-likeness (QED) is 0.903. The molecule has 1 N–H and O–H groups in total. The Balaban J connectivity index is 1.48. The summed E-state index contributed by atoms with van der Waals surface area (Å²) in [5, 5.41) is 10.7. The van der Waals surface area contributed by atoms with Crippen molar-refractivity contribution in [1.29, 1.82) is 0 Å². The highest BCUT2D eigenvalue weighted by Gasteiger charge is 2.37. The summed E-state index contributed by atoms with van der Waals surface area (Å²) in [6.07, 6.45) is 6.49. The molecule has 0 aromatic heterocycles. The molecule has 3 rings (SSSR count). The van der Waals surface area contributed by atoms with Gasteiger partial charge in [-0.15, -0.1) is 0 Å². The summed E-state index contributed by atoms with van der Waals surface area (Å²) in [5.41, 5.74) is -0.354. The molecule has 1 saturated heterocycles. The van der Waals surface area contributed by atoms with Crippen molar-refractivity contribution in [2.45, 2.75) is 64.0 Å². The summed E-state index contributed by atoms with van der Waals surface area (Å²) in [6.45, 7) is 6.69. The zero-order valence-corrected chi connectivity index (χ0v) is 14.9. The Labute approximate surface area is 144 Å². The second-order valence-corrected chi connectivity index (χ2v) is 8.37. The average molecular weight is 335 g/mol. The lowest BCUT2D eigenvalue weighted by Gasteiger charge is -2.45. The summed E-state index contributed by atoms with van der Waals surface area (Å²) >= 11 is 0. The molecule has 1 aromatic carbocycles. The Morgan fingerprint density at radius 2 is 1.75 bits per heavy atom. The number of hydrogen-bond donors (Lipinski definition) is 1. The van der Waals surface area contributed by atoms with Crippen LogP contribution in [0.1, 0.15) is 52.4 Å². The van der Waals surface area contributed by atoms with E-state index in [1.807, 2.05) is 0 Å². The normalized spacial score (nSPS) is 24.7. The van der Waals surface area contributed by atoms with Crippen LogP contribution in [0.25, 0.3) is 0 Å². The van der Waals surface area contributed by atoms with Crippen molar-refractivity contribution in [3.63, 3.8) is 0 Å². The molecular weight excluding hydrogens is 305 g/mol. The van der Waals surface area contributed by atoms with E-state index in [-0.39, 0.29) is 18.2 Å². The average Bonchev–Trinajstić information content (AvgIpc) is 2.55. The standard InChI is InChI=1S/C20H30FNO2/c1-19(2)9-7-16(8-10-19)22-13-11-20(23,12-14-22)15-24-18-6-4-3-5-17(18)21/h3-6,16,23H,7-15H2,1-2H3. The molecule has 0 bridgehead atoms. The predicted octanol–water partition coefficient (Wildman–Crippen LogP) is 4.00. The van der Waals surface area contributed by atoms with Crippen molar-refractivity contribution < 1.29 is 14.2 Å². The number of hydrogen-bond acceptors (Lipinski definition) is 3. The molecular formula is C20H30FNO2. The molecule has 24 heavy (non-hydrogen) atoms. The molecule has 134 valence electrons. The minimum atomic E-state index is -0.841. The molecule has 1 aliphatic carbocycles. The summed E-state index contributed by atoms with van der Waals surface area (Å²) in [7, 11) is 0. The van der Waals surface area contributed by atoms with Gasteiger partial charge in [-0.1, -0.05) is 26.0 Å². The summed E-state index contributed by atoms with van der Waals surface area (Å²) in [5.74, 6) is -0.147. The lowest BCUT2D eigenvalue weighted by atomic mass is 9.75. The van der Waals surface area contributed by atoms with Crippen LogP contribution in [0.4, 0.5) is 4.39 Å². The second kappa shape index (κ2) is 7.01. The number of rotatable bonds is 4. The number of aliphatic hydroxyl groups is 1. The van der Waals surface area contributed by atoms with Crippen molar-refractivity contribution in [2.75, 3.05) is 19.7 Å². The monoisotopic (exact) mass is 335 g/mol. The molecule has 0 atom stereocenters. The maximum absolute atomic E-state index is 13.6. The van der Waals surface area contributed by atoms with E-state index in [4.69, 9.17) is 4.74 Å². The van der Waals surface area contributed by atoms with Gasteiger partial charge in [0.25, 0.3) is 0 Å². The Morgan fingerprint density at radius 3 is 2.38 bits per heavy atom. The van der Waals surface area contributed by atoms with E-state index in [1.165, 1.54) is 31.7 Å². The van der Waals surface area contributed by atoms with E-state index in [2.05, 4.69) is 18.7 Å². The maximum Gasteiger partial charge on any atom is 0.165 e. The van der Waals surface area contributed by atoms with Crippen LogP contribution in [-0.4, -0.2) is 41.3 Å². The van der Waals surface area contributed by atoms with Gasteiger partial charge in [-0.3, -0.25) is 0 Å². The second-order valence-electron chi connectivity index (χ2n) is 8.37. The van der Waals surface area contributed by atoms with Gasteiger partial charge in [-0.25, -0.2) is 4.39 Å². The minimum Gasteiger partial charge on any atom is -0.488 e. The van der Waals surface area contributed by atoms with E-state index >= 15 is 0 Å². The smallest absolute Gasteiger partial charge is 0.165 e. The molecule has 2 fully saturated rings. The first-order chi connectivity index (χ1) is 11.4. The Bertz CT molecular complexity index is 542. The van der Waals surface area contributed by atoms with E-state index in [1.54, 1.807) is 18.2 Å². The summed E-state index contributed by atoms with van der Waals surface area (Å²) < 4.78 is 19.2. The first-order valence-corrected chi connectivity index (χ1v) is 9.21. The molecule has 1 aliphatic heterocycles. The summed E-state index contributed by atoms with van der Waals surface area (Å²) in [6, 6.07) is 7.04. The highest BCUT2D eigenvalue weighted by atomic mass is 19.1. The van der Waals surface area contributed by atoms with Gasteiger partial charge in [0.15, 0.2) is 11.6 Å². The summed E-state index contributed by atoms with van der Waals surface area (Å²) in [4.78, 5) is 2.53. The first-order valence-electron chi connectivity index (χ1n) is 9.21. The van der Waals surface area contributed by atoms with Crippen LogP contribution in [0.2, 0.25) is 0 Å². The van der Waals surface area contributed by atoms with Gasteiger partial charge in [-0.2, -0.15) is 0 Å². The Kier molecular flexibility index (Phi) is 5.16. The Hall–Kier alpha value is -1.13. The van der Waals surface area contributed by atoms with Gasteiger partial charge in [0, 0.05) is 19.1 Å². The number of piperidine rings is 1. The van der Waals surface area contributed by atoms with Gasteiger partial charge in [-0.05, 0) is 56.1 Å². The van der Waals surface area contributed by atoms with Crippen LogP contribution in [0.15, 0.2) is 24.3 Å². The zero-order valence-electron chi connectivity index (χ0n) is 14.9. The largest absolute Gasteiger partial charge is 0.488 e. The third-order valence-corrected chi connectivity index (χ3v) is 5.89. The van der Waals surface area contributed by atoms with E-state index < -0.39 is 5.60 Å². The highest BCUT2D eigenvalue weighted by molar-refractivity contribution is 5.23. The van der Waals surface area contributed by atoms with Crippen LogP contribution in [0.3, 0.4) is 0 Å². The van der Waals surface area contributed by atoms with Gasteiger partial charge in [0.1, 0.15) is 12.2 Å². The van der Waals surface area contributed by atoms with Gasteiger partial charge < -0.3 is 14.7 Å². The van der Waals surface area contributed by atoms with Crippen LogP contribution in [-0.2, 0) is 0 Å². The van der Waals surface area contributed by atoms with Gasteiger partial charge in [0.2, 0.25) is 0 Å². The van der Waals surface area contributed by atoms with Crippen molar-refractivity contribution in [3.8, 4) is 5.75 Å². The SMILES string of the molecule is CC1(C)CCC(N2CCC(O)(COc3ccccc3F)CC2)CC1. The number of nitrogens with zero attached hydrogens (tertiary/aromatic N) is 1. The van der Waals surface area contributed by atoms with Crippen LogP contribution >= 0.6 is 0 Å². The molecule has 0 radical (unpaired) electrons. The van der Waals surface area contributed by atoms with Gasteiger partial charge in [0.05, 0.1) is 0 Å². The fraction of sp³-hybridized carbons (Fsp3) is 0.700. The molecule has 0 unspecified atom stereocenters. The molecule has 0 spiro atoms. The van der Waals surface area contributed by atoms with E-state index in [0.29, 0.717) is 24.3 Å². The Morgan fingerprint density at radius 1 is 1.12 bits per heavy atom.